The zero-order valence-electron chi connectivity index (χ0n) is 10.4. The second kappa shape index (κ2) is 5.09. The van der Waals surface area contributed by atoms with Crippen LogP contribution in [0, 0.1) is 11.6 Å². The van der Waals surface area contributed by atoms with Gasteiger partial charge in [-0.3, -0.25) is 5.10 Å². The number of hydrogen-bond donors (Lipinski definition) is 2. The lowest BCUT2D eigenvalue weighted by molar-refractivity contribution is 0.454. The summed E-state index contributed by atoms with van der Waals surface area (Å²) in [6.07, 6.45) is 3.68. The SMILES string of the molecule is Fc1ccc(F)c(-c2cn[nH]c2[C@H]2CCCNC2)c1. The molecule has 3 nitrogen and oxygen atoms in total. The van der Waals surface area contributed by atoms with Crippen molar-refractivity contribution >= 4 is 0 Å². The number of aromatic amines is 1. The van der Waals surface area contributed by atoms with Crippen LogP contribution in [0.4, 0.5) is 8.78 Å². The van der Waals surface area contributed by atoms with Crippen LogP contribution in [-0.2, 0) is 0 Å². The lowest BCUT2D eigenvalue weighted by atomic mass is 9.91. The first kappa shape index (κ1) is 12.3. The Labute approximate surface area is 110 Å². The van der Waals surface area contributed by atoms with Crippen molar-refractivity contribution in [3.63, 3.8) is 0 Å². The third kappa shape index (κ3) is 2.38. The Bertz CT molecular complexity index is 574. The van der Waals surface area contributed by atoms with Gasteiger partial charge in [0.25, 0.3) is 0 Å². The van der Waals surface area contributed by atoms with E-state index in [0.29, 0.717) is 5.56 Å². The molecule has 0 aliphatic carbocycles. The molecule has 0 spiro atoms. The molecule has 19 heavy (non-hydrogen) atoms. The van der Waals surface area contributed by atoms with Gasteiger partial charge < -0.3 is 5.32 Å². The van der Waals surface area contributed by atoms with E-state index in [2.05, 4.69) is 15.5 Å². The predicted molar refractivity (Wildman–Crippen MR) is 68.8 cm³/mol. The van der Waals surface area contributed by atoms with Crippen molar-refractivity contribution in [1.82, 2.24) is 15.5 Å². The zero-order chi connectivity index (χ0) is 13.2. The minimum Gasteiger partial charge on any atom is -0.316 e. The van der Waals surface area contributed by atoms with Gasteiger partial charge in [-0.1, -0.05) is 0 Å². The molecule has 0 saturated carbocycles. The largest absolute Gasteiger partial charge is 0.316 e. The molecule has 1 aromatic carbocycles. The van der Waals surface area contributed by atoms with Gasteiger partial charge in [0, 0.05) is 29.3 Å². The van der Waals surface area contributed by atoms with Crippen LogP contribution in [0.2, 0.25) is 0 Å². The van der Waals surface area contributed by atoms with E-state index in [1.165, 1.54) is 6.07 Å². The van der Waals surface area contributed by atoms with E-state index in [4.69, 9.17) is 0 Å². The van der Waals surface area contributed by atoms with E-state index in [1.54, 1.807) is 6.20 Å². The Hall–Kier alpha value is -1.75. The molecule has 2 aromatic rings. The maximum absolute atomic E-state index is 13.9. The topological polar surface area (TPSA) is 40.7 Å². The van der Waals surface area contributed by atoms with E-state index >= 15 is 0 Å². The summed E-state index contributed by atoms with van der Waals surface area (Å²) in [6.45, 7) is 1.85. The van der Waals surface area contributed by atoms with E-state index in [0.717, 1.165) is 43.8 Å². The first-order valence-electron chi connectivity index (χ1n) is 6.45. The summed E-state index contributed by atoms with van der Waals surface area (Å²) in [5.41, 5.74) is 1.82. The van der Waals surface area contributed by atoms with Crippen molar-refractivity contribution in [1.29, 1.82) is 0 Å². The lowest BCUT2D eigenvalue weighted by Crippen LogP contribution is -2.28. The van der Waals surface area contributed by atoms with Gasteiger partial charge in [-0.15, -0.1) is 0 Å². The highest BCUT2D eigenvalue weighted by atomic mass is 19.1. The van der Waals surface area contributed by atoms with Crippen LogP contribution in [0.15, 0.2) is 24.4 Å². The summed E-state index contributed by atoms with van der Waals surface area (Å²) in [7, 11) is 0. The average Bonchev–Trinajstić information content (AvgIpc) is 2.91. The van der Waals surface area contributed by atoms with Gasteiger partial charge in [0.15, 0.2) is 0 Å². The number of nitrogens with one attached hydrogen (secondary N) is 2. The van der Waals surface area contributed by atoms with E-state index in [-0.39, 0.29) is 11.5 Å². The number of benzene rings is 1. The normalized spacial score (nSPS) is 19.6. The van der Waals surface area contributed by atoms with Crippen LogP contribution < -0.4 is 5.32 Å². The van der Waals surface area contributed by atoms with Crippen LogP contribution in [0.25, 0.3) is 11.1 Å². The Kier molecular flexibility index (Phi) is 3.29. The van der Waals surface area contributed by atoms with Gasteiger partial charge in [-0.25, -0.2) is 8.78 Å². The molecule has 2 N–H and O–H groups in total. The molecule has 2 heterocycles. The second-order valence-electron chi connectivity index (χ2n) is 4.86. The number of H-pyrrole nitrogens is 1. The molecule has 0 radical (unpaired) electrons. The van der Waals surface area contributed by atoms with E-state index < -0.39 is 11.6 Å². The first-order valence-corrected chi connectivity index (χ1v) is 6.45. The summed E-state index contributed by atoms with van der Waals surface area (Å²) in [6, 6.07) is 3.50. The van der Waals surface area contributed by atoms with Crippen molar-refractivity contribution in [2.45, 2.75) is 18.8 Å². The van der Waals surface area contributed by atoms with Crippen molar-refractivity contribution in [3.05, 3.63) is 41.7 Å². The van der Waals surface area contributed by atoms with Crippen LogP contribution in [-0.4, -0.2) is 23.3 Å². The summed E-state index contributed by atoms with van der Waals surface area (Å²) >= 11 is 0. The van der Waals surface area contributed by atoms with Crippen molar-refractivity contribution in [2.75, 3.05) is 13.1 Å². The van der Waals surface area contributed by atoms with Crippen molar-refractivity contribution < 1.29 is 8.78 Å². The molecule has 5 heteroatoms. The third-order valence-electron chi connectivity index (χ3n) is 3.59. The van der Waals surface area contributed by atoms with Gasteiger partial charge in [-0.2, -0.15) is 5.10 Å². The minimum atomic E-state index is -0.440. The molecule has 0 unspecified atom stereocenters. The fourth-order valence-electron chi connectivity index (χ4n) is 2.62. The van der Waals surface area contributed by atoms with Gasteiger partial charge in [0.05, 0.1) is 6.20 Å². The molecule has 1 aliphatic rings. The van der Waals surface area contributed by atoms with Gasteiger partial charge in [0.1, 0.15) is 11.6 Å². The van der Waals surface area contributed by atoms with Crippen LogP contribution in [0.3, 0.4) is 0 Å². The van der Waals surface area contributed by atoms with Gasteiger partial charge in [0.2, 0.25) is 0 Å². The van der Waals surface area contributed by atoms with Crippen LogP contribution >= 0.6 is 0 Å². The summed E-state index contributed by atoms with van der Waals surface area (Å²) < 4.78 is 27.2. The number of piperidine rings is 1. The molecule has 1 fully saturated rings. The molecular weight excluding hydrogens is 248 g/mol. The molecule has 1 aliphatic heterocycles. The van der Waals surface area contributed by atoms with Crippen LogP contribution in [0.1, 0.15) is 24.5 Å². The molecule has 1 atom stereocenters. The highest BCUT2D eigenvalue weighted by Crippen LogP contribution is 2.32. The smallest absolute Gasteiger partial charge is 0.131 e. The number of halogens is 2. The molecule has 0 bridgehead atoms. The fraction of sp³-hybridized carbons (Fsp3) is 0.357. The lowest BCUT2D eigenvalue weighted by Gasteiger charge is -2.22. The summed E-state index contributed by atoms with van der Waals surface area (Å²) in [5, 5.41) is 10.3. The Morgan fingerprint density at radius 3 is 2.89 bits per heavy atom. The number of nitrogens with zero attached hydrogens (tertiary/aromatic N) is 1. The third-order valence-corrected chi connectivity index (χ3v) is 3.59. The molecule has 100 valence electrons. The number of rotatable bonds is 2. The Morgan fingerprint density at radius 2 is 2.11 bits per heavy atom. The van der Waals surface area contributed by atoms with Crippen LogP contribution in [0.5, 0.6) is 0 Å². The fourth-order valence-corrected chi connectivity index (χ4v) is 2.62. The molecule has 1 saturated heterocycles. The molecule has 0 amide bonds. The van der Waals surface area contributed by atoms with Gasteiger partial charge >= 0.3 is 0 Å². The summed E-state index contributed by atoms with van der Waals surface area (Å²) in [5.74, 6) is -0.591. The Balaban J connectivity index is 2.01. The van der Waals surface area contributed by atoms with Gasteiger partial charge in [-0.05, 0) is 37.6 Å². The molecule has 1 aromatic heterocycles. The molecular formula is C14H15F2N3. The maximum atomic E-state index is 13.9. The Morgan fingerprint density at radius 1 is 1.21 bits per heavy atom. The van der Waals surface area contributed by atoms with Crippen molar-refractivity contribution in [2.24, 2.45) is 0 Å². The van der Waals surface area contributed by atoms with E-state index in [9.17, 15) is 8.78 Å². The summed E-state index contributed by atoms with van der Waals surface area (Å²) in [4.78, 5) is 0. The monoisotopic (exact) mass is 263 g/mol. The highest BCUT2D eigenvalue weighted by Gasteiger charge is 2.22. The zero-order valence-corrected chi connectivity index (χ0v) is 10.4. The standard InChI is InChI=1S/C14H15F2N3/c15-10-3-4-13(16)11(6-10)12-8-18-19-14(12)9-2-1-5-17-7-9/h3-4,6,8-9,17H,1-2,5,7H2,(H,18,19)/t9-/m0/s1. The number of aromatic nitrogens is 2. The first-order chi connectivity index (χ1) is 9.25. The molecule has 3 rings (SSSR count). The number of hydrogen-bond acceptors (Lipinski definition) is 2. The highest BCUT2D eigenvalue weighted by molar-refractivity contribution is 5.66. The minimum absolute atomic E-state index is 0.272. The van der Waals surface area contributed by atoms with E-state index in [1.807, 2.05) is 0 Å². The second-order valence-corrected chi connectivity index (χ2v) is 4.86. The van der Waals surface area contributed by atoms with Crippen molar-refractivity contribution in [3.8, 4) is 11.1 Å². The quantitative estimate of drug-likeness (QED) is 0.874. The average molecular weight is 263 g/mol. The maximum Gasteiger partial charge on any atom is 0.131 e. The predicted octanol–water partition coefficient (Wildman–Crippen LogP) is 2.82.